The minimum Gasteiger partial charge on any atom is -0.462 e. The summed E-state index contributed by atoms with van der Waals surface area (Å²) in [5, 5.41) is 4.81. The average molecular weight is 510 g/mol. The number of likely N-dealkylation sites (N-methyl/N-ethyl adjacent to an activating group) is 1. The first-order valence-corrected chi connectivity index (χ1v) is 11.8. The molecule has 0 N–H and O–H groups in total. The first-order valence-electron chi connectivity index (χ1n) is 11.8. The molecule has 0 saturated carbocycles. The third-order valence-corrected chi connectivity index (χ3v) is 6.17. The monoisotopic (exact) mass is 509 g/mol. The molecule has 3 heterocycles. The van der Waals surface area contributed by atoms with Gasteiger partial charge in [0.1, 0.15) is 12.2 Å². The van der Waals surface area contributed by atoms with Crippen molar-refractivity contribution in [1.29, 1.82) is 0 Å². The molecule has 1 aliphatic heterocycles. The molecule has 0 spiro atoms. The van der Waals surface area contributed by atoms with Gasteiger partial charge in [-0.2, -0.15) is 5.10 Å². The fourth-order valence-corrected chi connectivity index (χ4v) is 4.26. The molecule has 1 amide bonds. The molecule has 0 radical (unpaired) electrons. The van der Waals surface area contributed by atoms with Gasteiger partial charge in [0.05, 0.1) is 11.6 Å². The minimum absolute atomic E-state index is 0.112. The number of nitrogens with zero attached hydrogens (tertiary/aromatic N) is 3. The number of carbonyl (C=O) groups excluding carboxylic acids is 1. The molecule has 192 valence electrons. The van der Waals surface area contributed by atoms with E-state index in [-0.39, 0.29) is 30.0 Å². The quantitative estimate of drug-likeness (QED) is 0.362. The zero-order chi connectivity index (χ0) is 26.5. The Labute approximate surface area is 211 Å². The van der Waals surface area contributed by atoms with Gasteiger partial charge >= 0.3 is 6.29 Å². The van der Waals surface area contributed by atoms with Gasteiger partial charge < -0.3 is 18.8 Å². The van der Waals surface area contributed by atoms with Gasteiger partial charge in [-0.1, -0.05) is 39.0 Å². The van der Waals surface area contributed by atoms with Gasteiger partial charge in [-0.05, 0) is 42.2 Å². The molecular weight excluding hydrogens is 484 g/mol. The van der Waals surface area contributed by atoms with Crippen molar-refractivity contribution in [2.75, 3.05) is 11.4 Å². The van der Waals surface area contributed by atoms with Gasteiger partial charge in [0.25, 0.3) is 5.56 Å². The van der Waals surface area contributed by atoms with E-state index in [4.69, 9.17) is 4.42 Å². The van der Waals surface area contributed by atoms with Crippen molar-refractivity contribution in [2.24, 2.45) is 0 Å². The lowest BCUT2D eigenvalue weighted by Crippen LogP contribution is -2.37. The van der Waals surface area contributed by atoms with Crippen molar-refractivity contribution in [2.45, 2.75) is 45.9 Å². The number of aromatic nitrogens is 2. The van der Waals surface area contributed by atoms with Gasteiger partial charge in [-0.15, -0.1) is 8.78 Å². The summed E-state index contributed by atoms with van der Waals surface area (Å²) >= 11 is 0. The minimum atomic E-state index is -3.76. The highest BCUT2D eigenvalue weighted by atomic mass is 19.3. The summed E-state index contributed by atoms with van der Waals surface area (Å²) in [4.78, 5) is 27.8. The Hall–Kier alpha value is -4.21. The fraction of sp³-hybridized carbons (Fsp3) is 0.296. The van der Waals surface area contributed by atoms with Crippen LogP contribution < -0.4 is 19.9 Å². The second kappa shape index (κ2) is 8.72. The SMILES string of the molecule is CCN(C(=O)Cn1nc(-c2cccc(C(C)(C)C)c2)c2occc2c1=O)c1ccc2c(c1)OC(F)(F)O2. The Morgan fingerprint density at radius 1 is 1.08 bits per heavy atom. The van der Waals surface area contributed by atoms with E-state index in [0.29, 0.717) is 22.4 Å². The molecule has 10 heteroatoms. The second-order valence-electron chi connectivity index (χ2n) is 9.74. The number of halogens is 2. The lowest BCUT2D eigenvalue weighted by molar-refractivity contribution is -0.286. The Balaban J connectivity index is 1.51. The summed E-state index contributed by atoms with van der Waals surface area (Å²) in [6, 6.07) is 13.4. The van der Waals surface area contributed by atoms with Crippen LogP contribution in [0.2, 0.25) is 0 Å². The summed E-state index contributed by atoms with van der Waals surface area (Å²) in [5.41, 5.74) is 2.33. The van der Waals surface area contributed by atoms with Crippen molar-refractivity contribution < 1.29 is 27.5 Å². The summed E-state index contributed by atoms with van der Waals surface area (Å²) in [5.74, 6) is -0.757. The smallest absolute Gasteiger partial charge is 0.462 e. The van der Waals surface area contributed by atoms with Gasteiger partial charge in [-0.25, -0.2) is 4.68 Å². The van der Waals surface area contributed by atoms with E-state index in [1.807, 2.05) is 24.3 Å². The Morgan fingerprint density at radius 3 is 2.57 bits per heavy atom. The van der Waals surface area contributed by atoms with E-state index in [0.717, 1.165) is 15.8 Å². The van der Waals surface area contributed by atoms with Crippen molar-refractivity contribution >= 4 is 22.6 Å². The van der Waals surface area contributed by atoms with Crippen LogP contribution in [0, 0.1) is 0 Å². The van der Waals surface area contributed by atoms with E-state index >= 15 is 0 Å². The van der Waals surface area contributed by atoms with E-state index in [1.54, 1.807) is 13.0 Å². The lowest BCUT2D eigenvalue weighted by atomic mass is 9.86. The number of furan rings is 1. The molecule has 0 bridgehead atoms. The standard InChI is InChI=1S/C27H25F2N3O5/c1-5-31(18-9-10-20-21(14-18)37-27(28,29)36-20)22(33)15-32-25(34)19-11-12-35-24(19)23(30-32)16-7-6-8-17(13-16)26(2,3)4/h6-14H,5,15H2,1-4H3. The number of alkyl halides is 2. The number of carbonyl (C=O) groups is 1. The van der Waals surface area contributed by atoms with Crippen LogP contribution in [0.15, 0.2) is 64.0 Å². The maximum Gasteiger partial charge on any atom is 0.586 e. The van der Waals surface area contributed by atoms with Crippen LogP contribution in [0.4, 0.5) is 14.5 Å². The third kappa shape index (κ3) is 4.54. The van der Waals surface area contributed by atoms with Gasteiger partial charge in [0.15, 0.2) is 17.1 Å². The van der Waals surface area contributed by atoms with Gasteiger partial charge in [0.2, 0.25) is 5.91 Å². The second-order valence-corrected chi connectivity index (χ2v) is 9.74. The number of anilines is 1. The van der Waals surface area contributed by atoms with E-state index in [1.165, 1.54) is 29.4 Å². The number of hydrogen-bond donors (Lipinski definition) is 0. The maximum atomic E-state index is 13.4. The van der Waals surface area contributed by atoms with Crippen molar-refractivity contribution in [3.8, 4) is 22.8 Å². The molecule has 2 aromatic carbocycles. The van der Waals surface area contributed by atoms with Crippen molar-refractivity contribution in [3.05, 3.63) is 70.7 Å². The fourth-order valence-electron chi connectivity index (χ4n) is 4.26. The molecule has 8 nitrogen and oxygen atoms in total. The number of ether oxygens (including phenoxy) is 2. The van der Waals surface area contributed by atoms with E-state index in [2.05, 4.69) is 35.3 Å². The largest absolute Gasteiger partial charge is 0.586 e. The molecule has 4 aromatic rings. The highest BCUT2D eigenvalue weighted by molar-refractivity contribution is 5.94. The van der Waals surface area contributed by atoms with Crippen LogP contribution in [0.5, 0.6) is 11.5 Å². The molecule has 0 saturated heterocycles. The molecule has 0 unspecified atom stereocenters. The Bertz CT molecular complexity index is 1570. The summed E-state index contributed by atoms with van der Waals surface area (Å²) in [6.07, 6.45) is -2.35. The predicted molar refractivity (Wildman–Crippen MR) is 133 cm³/mol. The lowest BCUT2D eigenvalue weighted by Gasteiger charge is -2.22. The van der Waals surface area contributed by atoms with Crippen LogP contribution in [-0.4, -0.2) is 28.5 Å². The summed E-state index contributed by atoms with van der Waals surface area (Å²) in [7, 11) is 0. The zero-order valence-electron chi connectivity index (χ0n) is 20.7. The Kier molecular flexibility index (Phi) is 5.77. The van der Waals surface area contributed by atoms with Crippen LogP contribution >= 0.6 is 0 Å². The van der Waals surface area contributed by atoms with Crippen molar-refractivity contribution in [3.63, 3.8) is 0 Å². The van der Waals surface area contributed by atoms with E-state index < -0.39 is 17.8 Å². The predicted octanol–water partition coefficient (Wildman–Crippen LogP) is 5.33. The van der Waals surface area contributed by atoms with Crippen LogP contribution in [0.3, 0.4) is 0 Å². The maximum absolute atomic E-state index is 13.4. The molecule has 5 rings (SSSR count). The topological polar surface area (TPSA) is 86.8 Å². The highest BCUT2D eigenvalue weighted by Crippen LogP contribution is 2.43. The Morgan fingerprint density at radius 2 is 1.84 bits per heavy atom. The first-order chi connectivity index (χ1) is 17.5. The highest BCUT2D eigenvalue weighted by Gasteiger charge is 2.43. The molecule has 1 aliphatic rings. The molecule has 0 atom stereocenters. The third-order valence-electron chi connectivity index (χ3n) is 6.17. The first kappa shape index (κ1) is 24.5. The van der Waals surface area contributed by atoms with Crippen LogP contribution in [0.1, 0.15) is 33.3 Å². The molecule has 37 heavy (non-hydrogen) atoms. The number of rotatable bonds is 5. The zero-order valence-corrected chi connectivity index (χ0v) is 20.7. The average Bonchev–Trinajstić information content (AvgIpc) is 3.44. The van der Waals surface area contributed by atoms with Crippen molar-refractivity contribution in [1.82, 2.24) is 9.78 Å². The van der Waals surface area contributed by atoms with Crippen LogP contribution in [-0.2, 0) is 16.8 Å². The molecule has 0 aliphatic carbocycles. The molecule has 0 fully saturated rings. The molecular formula is C27H25F2N3O5. The molecule has 2 aromatic heterocycles. The number of fused-ring (bicyclic) bond motifs is 2. The van der Waals surface area contributed by atoms with Gasteiger partial charge in [-0.3, -0.25) is 9.59 Å². The normalized spacial score (nSPS) is 14.2. The van der Waals surface area contributed by atoms with E-state index in [9.17, 15) is 18.4 Å². The summed E-state index contributed by atoms with van der Waals surface area (Å²) in [6.45, 7) is 7.87. The van der Waals surface area contributed by atoms with Gasteiger partial charge in [0, 0.05) is 23.9 Å². The van der Waals surface area contributed by atoms with Crippen LogP contribution in [0.25, 0.3) is 22.2 Å². The number of hydrogen-bond acceptors (Lipinski definition) is 6. The number of benzene rings is 2. The summed E-state index contributed by atoms with van der Waals surface area (Å²) < 4.78 is 42.5. The number of amides is 1.